The Morgan fingerprint density at radius 2 is 1.82 bits per heavy atom. The van der Waals surface area contributed by atoms with Crippen molar-refractivity contribution in [3.8, 4) is 0 Å². The minimum atomic E-state index is -1.33. The van der Waals surface area contributed by atoms with Crippen LogP contribution in [0.5, 0.6) is 0 Å². The van der Waals surface area contributed by atoms with E-state index in [4.69, 9.17) is 11.1 Å². The zero-order valence-electron chi connectivity index (χ0n) is 18.5. The zero-order chi connectivity index (χ0) is 24.0. The summed E-state index contributed by atoms with van der Waals surface area (Å²) in [5, 5.41) is 14.7. The van der Waals surface area contributed by atoms with Crippen LogP contribution in [0, 0.1) is 19.3 Å². The Kier molecular flexibility index (Phi) is 7.50. The van der Waals surface area contributed by atoms with Crippen LogP contribution in [0.3, 0.4) is 0 Å². The van der Waals surface area contributed by atoms with Gasteiger partial charge in [0.1, 0.15) is 17.7 Å². The topological polar surface area (TPSA) is 121 Å². The van der Waals surface area contributed by atoms with Crippen molar-refractivity contribution in [3.63, 3.8) is 0 Å². The molecule has 1 amide bonds. The van der Waals surface area contributed by atoms with Gasteiger partial charge >= 0.3 is 0 Å². The number of pyridine rings is 1. The quantitative estimate of drug-likeness (QED) is 0.228. The molecule has 0 spiro atoms. The van der Waals surface area contributed by atoms with Crippen LogP contribution in [0.15, 0.2) is 54.4 Å². The summed E-state index contributed by atoms with van der Waals surface area (Å²) in [5.41, 5.74) is 10.2. The van der Waals surface area contributed by atoms with Crippen molar-refractivity contribution in [2.24, 2.45) is 0 Å². The normalized spacial score (nSPS) is 11.3. The second-order valence-corrected chi connectivity index (χ2v) is 7.71. The monoisotopic (exact) mass is 447 g/mol. The van der Waals surface area contributed by atoms with Gasteiger partial charge in [0.05, 0.1) is 0 Å². The van der Waals surface area contributed by atoms with Gasteiger partial charge in [-0.1, -0.05) is 24.3 Å². The lowest BCUT2D eigenvalue weighted by molar-refractivity contribution is -0.117. The molecule has 0 saturated heterocycles. The number of hydrogen-bond donors (Lipinski definition) is 4. The summed E-state index contributed by atoms with van der Waals surface area (Å²) in [6, 6.07) is 11.1. The average Bonchev–Trinajstić information content (AvgIpc) is 2.78. The molecular weight excluding hydrogens is 421 g/mol. The Bertz CT molecular complexity index is 1240. The fraction of sp³-hybridized carbons (Fsp3) is 0.200. The van der Waals surface area contributed by atoms with Gasteiger partial charge in [0.2, 0.25) is 5.97 Å². The molecule has 0 unspecified atom stereocenters. The Morgan fingerprint density at radius 3 is 2.48 bits per heavy atom. The van der Waals surface area contributed by atoms with E-state index in [1.807, 2.05) is 50.2 Å². The molecule has 1 aromatic heterocycles. The van der Waals surface area contributed by atoms with Crippen LogP contribution in [0.25, 0.3) is 10.8 Å². The minimum absolute atomic E-state index is 0.178. The summed E-state index contributed by atoms with van der Waals surface area (Å²) >= 11 is 0. The Hall–Kier alpha value is -4.07. The van der Waals surface area contributed by atoms with Gasteiger partial charge in [0.15, 0.2) is 0 Å². The third kappa shape index (κ3) is 5.60. The van der Waals surface area contributed by atoms with E-state index in [-0.39, 0.29) is 6.54 Å². The van der Waals surface area contributed by atoms with Gasteiger partial charge in [-0.25, -0.2) is 4.98 Å². The number of hydrogen-bond acceptors (Lipinski definition) is 6. The summed E-state index contributed by atoms with van der Waals surface area (Å²) in [5.74, 6) is -1.58. The first kappa shape index (κ1) is 23.6. The van der Waals surface area contributed by atoms with Crippen molar-refractivity contribution in [2.45, 2.75) is 33.4 Å². The highest BCUT2D eigenvalue weighted by Gasteiger charge is 2.16. The number of nitrogens with zero attached hydrogens (tertiary/aromatic N) is 1. The van der Waals surface area contributed by atoms with Gasteiger partial charge in [-0.3, -0.25) is 10.2 Å². The number of aromatic nitrogens is 1. The molecule has 0 fully saturated rings. The predicted octanol–water partition coefficient (Wildman–Crippen LogP) is 3.41. The summed E-state index contributed by atoms with van der Waals surface area (Å²) in [6.07, 6.45) is 4.01. The number of nitrogen functional groups attached to an aromatic ring is 1. The summed E-state index contributed by atoms with van der Waals surface area (Å²) in [6.45, 7) is 4.36. The van der Waals surface area contributed by atoms with Crippen LogP contribution < -0.4 is 16.4 Å². The van der Waals surface area contributed by atoms with Gasteiger partial charge in [-0.2, -0.15) is 4.39 Å². The van der Waals surface area contributed by atoms with Crippen LogP contribution in [0.4, 0.5) is 10.2 Å². The van der Waals surface area contributed by atoms with E-state index in [0.29, 0.717) is 18.8 Å². The number of halogens is 1. The number of fused-ring (bicyclic) bond motifs is 1. The first-order valence-electron chi connectivity index (χ1n) is 10.4. The van der Waals surface area contributed by atoms with Crippen molar-refractivity contribution >= 4 is 34.7 Å². The van der Waals surface area contributed by atoms with Crippen molar-refractivity contribution in [3.05, 3.63) is 82.2 Å². The smallest absolute Gasteiger partial charge is 0.257 e. The van der Waals surface area contributed by atoms with Crippen LogP contribution in [0.2, 0.25) is 0 Å². The highest BCUT2D eigenvalue weighted by molar-refractivity contribution is 6.16. The molecule has 0 aliphatic carbocycles. The standard InChI is InChI=1S/C25H26FN5O2/c1-15-11-20-19(7-9-30-24(20)28)16(2)21(15)14-31-25(33)22(23(26)27)13-29-12-18-5-3-17(4-6-18)8-10-32/h3-7,9-11,13,27,29H,8,12,14H2,1-2H3,(H2,28,30)(H,31,33)/b22-13+,27-23?. The number of anilines is 1. The van der Waals surface area contributed by atoms with Gasteiger partial charge in [0, 0.05) is 37.3 Å². The van der Waals surface area contributed by atoms with E-state index in [1.165, 1.54) is 6.20 Å². The molecule has 0 radical (unpaired) electrons. The Morgan fingerprint density at radius 1 is 1.12 bits per heavy atom. The van der Waals surface area contributed by atoms with Gasteiger partial charge < -0.3 is 21.2 Å². The molecule has 3 aromatic rings. The van der Waals surface area contributed by atoms with E-state index in [9.17, 15) is 14.0 Å². The van der Waals surface area contributed by atoms with E-state index >= 15 is 0 Å². The SMILES string of the molecule is Cc1cc2c(N)nccc2c(C)c1CNC(=O)/C(=C/NCc1ccc(CC=O)cc1)C(=N)F. The molecule has 0 saturated carbocycles. The highest BCUT2D eigenvalue weighted by atomic mass is 19.1. The van der Waals surface area contributed by atoms with E-state index < -0.39 is 17.4 Å². The maximum Gasteiger partial charge on any atom is 0.257 e. The van der Waals surface area contributed by atoms with Crippen LogP contribution in [-0.4, -0.2) is 23.1 Å². The molecule has 170 valence electrons. The number of nitrogens with two attached hydrogens (primary N) is 1. The van der Waals surface area contributed by atoms with Crippen molar-refractivity contribution in [1.82, 2.24) is 15.6 Å². The van der Waals surface area contributed by atoms with Crippen molar-refractivity contribution in [1.29, 1.82) is 5.41 Å². The molecule has 33 heavy (non-hydrogen) atoms. The maximum absolute atomic E-state index is 13.8. The van der Waals surface area contributed by atoms with Crippen molar-refractivity contribution in [2.75, 3.05) is 5.73 Å². The lowest BCUT2D eigenvalue weighted by Gasteiger charge is -2.15. The molecule has 8 heteroatoms. The van der Waals surface area contributed by atoms with E-state index in [1.54, 1.807) is 6.20 Å². The molecule has 5 N–H and O–H groups in total. The van der Waals surface area contributed by atoms with Gasteiger partial charge in [-0.05, 0) is 59.2 Å². The number of amides is 1. The van der Waals surface area contributed by atoms with Crippen molar-refractivity contribution < 1.29 is 14.0 Å². The number of rotatable bonds is 9. The fourth-order valence-corrected chi connectivity index (χ4v) is 3.65. The molecule has 0 atom stereocenters. The first-order chi connectivity index (χ1) is 15.8. The highest BCUT2D eigenvalue weighted by Crippen LogP contribution is 2.27. The second kappa shape index (κ2) is 10.5. The minimum Gasteiger partial charge on any atom is -0.386 e. The third-order valence-electron chi connectivity index (χ3n) is 5.52. The van der Waals surface area contributed by atoms with E-state index in [2.05, 4.69) is 15.6 Å². The van der Waals surface area contributed by atoms with E-state index in [0.717, 1.165) is 44.9 Å². The number of aryl methyl sites for hydroxylation is 2. The lowest BCUT2D eigenvalue weighted by Crippen LogP contribution is -2.28. The third-order valence-corrected chi connectivity index (χ3v) is 5.52. The summed E-state index contributed by atoms with van der Waals surface area (Å²) < 4.78 is 13.8. The summed E-state index contributed by atoms with van der Waals surface area (Å²) in [7, 11) is 0. The zero-order valence-corrected chi connectivity index (χ0v) is 18.5. The molecule has 7 nitrogen and oxygen atoms in total. The van der Waals surface area contributed by atoms with Crippen LogP contribution in [0.1, 0.15) is 27.8 Å². The first-order valence-corrected chi connectivity index (χ1v) is 10.4. The molecular formula is C25H26FN5O2. The molecule has 0 bridgehead atoms. The van der Waals surface area contributed by atoms with Gasteiger partial charge in [-0.15, -0.1) is 0 Å². The number of carbonyl (C=O) groups is 2. The lowest BCUT2D eigenvalue weighted by atomic mass is 9.96. The van der Waals surface area contributed by atoms with Crippen LogP contribution in [-0.2, 0) is 29.1 Å². The Balaban J connectivity index is 1.69. The predicted molar refractivity (Wildman–Crippen MR) is 127 cm³/mol. The number of nitrogens with one attached hydrogen (secondary N) is 3. The molecule has 3 rings (SSSR count). The number of carbonyl (C=O) groups excluding carboxylic acids is 2. The van der Waals surface area contributed by atoms with Crippen LogP contribution >= 0.6 is 0 Å². The van der Waals surface area contributed by atoms with Gasteiger partial charge in [0.25, 0.3) is 5.91 Å². The number of benzene rings is 2. The largest absolute Gasteiger partial charge is 0.386 e. The maximum atomic E-state index is 13.8. The Labute approximate surface area is 191 Å². The second-order valence-electron chi connectivity index (χ2n) is 7.71. The number of aldehydes is 1. The molecule has 2 aromatic carbocycles. The molecule has 1 heterocycles. The molecule has 0 aliphatic rings. The fourth-order valence-electron chi connectivity index (χ4n) is 3.65. The molecule has 0 aliphatic heterocycles. The average molecular weight is 448 g/mol. The summed E-state index contributed by atoms with van der Waals surface area (Å²) in [4.78, 5) is 27.3.